The van der Waals surface area contributed by atoms with Gasteiger partial charge >= 0.3 is 0 Å². The van der Waals surface area contributed by atoms with E-state index in [4.69, 9.17) is 14.1 Å². The van der Waals surface area contributed by atoms with Crippen molar-refractivity contribution in [3.8, 4) is 17.3 Å². The molecule has 0 unspecified atom stereocenters. The van der Waals surface area contributed by atoms with E-state index in [-0.39, 0.29) is 11.7 Å². The summed E-state index contributed by atoms with van der Waals surface area (Å²) in [6.45, 7) is 4.09. The number of ether oxygens (including phenoxy) is 1. The minimum Gasteiger partial charge on any atom is -0.488 e. The van der Waals surface area contributed by atoms with E-state index in [2.05, 4.69) is 59.8 Å². The van der Waals surface area contributed by atoms with Crippen LogP contribution in [0.3, 0.4) is 0 Å². The third-order valence-electron chi connectivity index (χ3n) is 5.69. The maximum atomic E-state index is 13.5. The predicted octanol–water partition coefficient (Wildman–Crippen LogP) is 8.16. The number of halogens is 3. The molecule has 0 amide bonds. The van der Waals surface area contributed by atoms with Crippen LogP contribution in [0.5, 0.6) is 5.75 Å². The molecule has 0 radical (unpaired) electrons. The van der Waals surface area contributed by atoms with Crippen LogP contribution in [-0.2, 0) is 0 Å². The summed E-state index contributed by atoms with van der Waals surface area (Å²) in [6, 6.07) is 18.6. The van der Waals surface area contributed by atoms with Gasteiger partial charge in [-0.15, -0.1) is 0 Å². The van der Waals surface area contributed by atoms with Crippen molar-refractivity contribution >= 4 is 75.9 Å². The van der Waals surface area contributed by atoms with Gasteiger partial charge in [-0.2, -0.15) is 9.78 Å². The molecule has 3 aromatic carbocycles. The van der Waals surface area contributed by atoms with Gasteiger partial charge in [0, 0.05) is 9.86 Å². The quantitative estimate of drug-likeness (QED) is 0.171. The monoisotopic (exact) mass is 671 g/mol. The van der Waals surface area contributed by atoms with Crippen LogP contribution in [0.1, 0.15) is 25.8 Å². The molecule has 9 heteroatoms. The Morgan fingerprint density at radius 3 is 2.58 bits per heavy atom. The van der Waals surface area contributed by atoms with Gasteiger partial charge < -0.3 is 9.15 Å². The van der Waals surface area contributed by atoms with Crippen LogP contribution in [0.2, 0.25) is 0 Å². The molecule has 0 saturated heterocycles. The maximum Gasteiger partial charge on any atom is 0.282 e. The van der Waals surface area contributed by atoms with E-state index in [1.54, 1.807) is 18.3 Å². The zero-order valence-electron chi connectivity index (χ0n) is 19.3. The number of rotatable bonds is 6. The zero-order valence-corrected chi connectivity index (χ0v) is 24.1. The van der Waals surface area contributed by atoms with Crippen LogP contribution in [0.25, 0.3) is 33.5 Å². The largest absolute Gasteiger partial charge is 0.488 e. The number of nitrogens with zero attached hydrogens (tertiary/aromatic N) is 3. The first-order chi connectivity index (χ1) is 17.3. The first kappa shape index (κ1) is 24.9. The van der Waals surface area contributed by atoms with E-state index < -0.39 is 0 Å². The van der Waals surface area contributed by atoms with Gasteiger partial charge in [0.2, 0.25) is 5.82 Å². The van der Waals surface area contributed by atoms with E-state index in [0.717, 1.165) is 36.5 Å². The van der Waals surface area contributed by atoms with E-state index in [0.29, 0.717) is 28.1 Å². The average Bonchev–Trinajstić information content (AvgIpc) is 3.28. The van der Waals surface area contributed by atoms with E-state index in [9.17, 15) is 4.79 Å². The Morgan fingerprint density at radius 1 is 1.08 bits per heavy atom. The Labute approximate surface area is 232 Å². The molecule has 5 rings (SSSR count). The van der Waals surface area contributed by atoms with Crippen LogP contribution >= 0.6 is 47.8 Å². The Hall–Kier alpha value is -2.75. The molecule has 0 aliphatic heterocycles. The van der Waals surface area contributed by atoms with E-state index in [1.165, 1.54) is 4.68 Å². The molecule has 36 heavy (non-hydrogen) atoms. The fraction of sp³-hybridized carbons (Fsp3) is 0.148. The van der Waals surface area contributed by atoms with Crippen molar-refractivity contribution < 1.29 is 9.15 Å². The SMILES string of the molecule is CC[C@@H](C)Oc1c(Br)cc(C=Nn2c(-c3cc4cc(Br)ccc4o3)nc3ccccc3c2=O)cc1Br. The van der Waals surface area contributed by atoms with Gasteiger partial charge in [0.25, 0.3) is 5.56 Å². The maximum absolute atomic E-state index is 13.5. The first-order valence-corrected chi connectivity index (χ1v) is 13.6. The number of hydrogen-bond donors (Lipinski definition) is 0. The highest BCUT2D eigenvalue weighted by molar-refractivity contribution is 9.11. The Kier molecular flexibility index (Phi) is 7.14. The third-order valence-corrected chi connectivity index (χ3v) is 7.36. The zero-order chi connectivity index (χ0) is 25.4. The lowest BCUT2D eigenvalue weighted by Crippen LogP contribution is -2.20. The minimum atomic E-state index is -0.289. The normalized spacial score (nSPS) is 12.6. The molecule has 0 aliphatic carbocycles. The average molecular weight is 674 g/mol. The standard InChI is InChI=1S/C27H20Br3N3O3/c1-3-15(2)35-25-20(29)10-16(11-21(25)30)14-31-33-26(32-22-7-5-4-6-19(22)27(33)34)24-13-17-12-18(28)8-9-23(17)36-24/h4-15H,3H2,1-2H3/t15-/m1/s1. The smallest absolute Gasteiger partial charge is 0.282 e. The van der Waals surface area contributed by atoms with Crippen molar-refractivity contribution in [1.82, 2.24) is 9.66 Å². The van der Waals surface area contributed by atoms with Crippen molar-refractivity contribution in [3.63, 3.8) is 0 Å². The van der Waals surface area contributed by atoms with Gasteiger partial charge in [-0.1, -0.05) is 35.0 Å². The lowest BCUT2D eigenvalue weighted by Gasteiger charge is -2.16. The molecule has 2 heterocycles. The molecular formula is C27H20Br3N3O3. The van der Waals surface area contributed by atoms with E-state index in [1.807, 2.05) is 55.5 Å². The van der Waals surface area contributed by atoms with Crippen LogP contribution in [0, 0.1) is 0 Å². The highest BCUT2D eigenvalue weighted by atomic mass is 79.9. The van der Waals surface area contributed by atoms with Gasteiger partial charge in [0.15, 0.2) is 5.76 Å². The van der Waals surface area contributed by atoms with Crippen LogP contribution < -0.4 is 10.3 Å². The molecule has 5 aromatic rings. The Morgan fingerprint density at radius 2 is 1.83 bits per heavy atom. The first-order valence-electron chi connectivity index (χ1n) is 11.3. The number of benzene rings is 3. The number of furan rings is 1. The second-order valence-corrected chi connectivity index (χ2v) is 10.9. The topological polar surface area (TPSA) is 69.6 Å². The van der Waals surface area contributed by atoms with Crippen molar-refractivity contribution in [1.29, 1.82) is 0 Å². The fourth-order valence-electron chi connectivity index (χ4n) is 3.69. The van der Waals surface area contributed by atoms with Gasteiger partial charge in [0.1, 0.15) is 11.3 Å². The van der Waals surface area contributed by atoms with Crippen LogP contribution in [-0.4, -0.2) is 22.0 Å². The third kappa shape index (κ3) is 4.92. The van der Waals surface area contributed by atoms with Gasteiger partial charge in [-0.25, -0.2) is 4.98 Å². The minimum absolute atomic E-state index is 0.0753. The fourth-order valence-corrected chi connectivity index (χ4v) is 5.48. The molecule has 0 fully saturated rings. The highest BCUT2D eigenvalue weighted by Crippen LogP contribution is 2.35. The molecule has 0 N–H and O–H groups in total. The molecule has 6 nitrogen and oxygen atoms in total. The molecule has 0 aliphatic rings. The van der Waals surface area contributed by atoms with Crippen molar-refractivity contribution in [3.05, 3.63) is 90.0 Å². The summed E-state index contributed by atoms with van der Waals surface area (Å²) in [5.41, 5.74) is 1.74. The summed E-state index contributed by atoms with van der Waals surface area (Å²) < 4.78 is 15.8. The molecule has 0 saturated carbocycles. The van der Waals surface area contributed by atoms with Crippen LogP contribution in [0.4, 0.5) is 0 Å². The highest BCUT2D eigenvalue weighted by Gasteiger charge is 2.17. The number of fused-ring (bicyclic) bond motifs is 2. The second-order valence-electron chi connectivity index (χ2n) is 8.26. The number of hydrogen-bond acceptors (Lipinski definition) is 5. The summed E-state index contributed by atoms with van der Waals surface area (Å²) in [6.07, 6.45) is 2.58. The summed E-state index contributed by atoms with van der Waals surface area (Å²) >= 11 is 10.7. The lowest BCUT2D eigenvalue weighted by molar-refractivity contribution is 0.214. The van der Waals surface area contributed by atoms with Crippen LogP contribution in [0.15, 0.2) is 88.4 Å². The number of aromatic nitrogens is 2. The molecule has 0 bridgehead atoms. The molecule has 0 spiro atoms. The summed E-state index contributed by atoms with van der Waals surface area (Å²) in [5, 5.41) is 5.90. The molecular weight excluding hydrogens is 654 g/mol. The van der Waals surface area contributed by atoms with Gasteiger partial charge in [-0.3, -0.25) is 4.79 Å². The summed E-state index contributed by atoms with van der Waals surface area (Å²) in [5.74, 6) is 1.49. The molecule has 182 valence electrons. The lowest BCUT2D eigenvalue weighted by atomic mass is 10.2. The Balaban J connectivity index is 1.63. The number of para-hydroxylation sites is 1. The summed E-state index contributed by atoms with van der Waals surface area (Å²) in [7, 11) is 0. The molecule has 1 atom stereocenters. The van der Waals surface area contributed by atoms with Crippen molar-refractivity contribution in [2.45, 2.75) is 26.4 Å². The van der Waals surface area contributed by atoms with Crippen molar-refractivity contribution in [2.24, 2.45) is 5.10 Å². The Bertz CT molecular complexity index is 1670. The molecule has 2 aromatic heterocycles. The van der Waals surface area contributed by atoms with E-state index >= 15 is 0 Å². The predicted molar refractivity (Wildman–Crippen MR) is 154 cm³/mol. The van der Waals surface area contributed by atoms with Crippen molar-refractivity contribution in [2.75, 3.05) is 0 Å². The van der Waals surface area contributed by atoms with Gasteiger partial charge in [-0.05, 0) is 99.3 Å². The van der Waals surface area contributed by atoms with Gasteiger partial charge in [0.05, 0.1) is 32.2 Å². The second kappa shape index (κ2) is 10.3. The summed E-state index contributed by atoms with van der Waals surface area (Å²) in [4.78, 5) is 18.2.